The second kappa shape index (κ2) is 9.29. The van der Waals surface area contributed by atoms with Gasteiger partial charge >= 0.3 is 0 Å². The normalized spacial score (nSPS) is 18.1. The Morgan fingerprint density at radius 3 is 2.71 bits per heavy atom. The van der Waals surface area contributed by atoms with Crippen molar-refractivity contribution in [1.29, 1.82) is 0 Å². The summed E-state index contributed by atoms with van der Waals surface area (Å²) in [5.74, 6) is -0.351. The Balaban J connectivity index is 2.42. The van der Waals surface area contributed by atoms with E-state index in [1.54, 1.807) is 12.2 Å². The monoisotopic (exact) mass is 291 g/mol. The topological polar surface area (TPSA) is 57.6 Å². The van der Waals surface area contributed by atoms with Crippen molar-refractivity contribution < 1.29 is 14.7 Å². The van der Waals surface area contributed by atoms with Crippen LogP contribution in [0.15, 0.2) is 36.0 Å². The molecule has 1 heterocycles. The van der Waals surface area contributed by atoms with Gasteiger partial charge in [-0.2, -0.15) is 0 Å². The lowest BCUT2D eigenvalue weighted by atomic mass is 10.1. The Hall–Kier alpha value is -1.68. The number of carbonyl (C=O) groups excluding carboxylic acids is 2. The summed E-state index contributed by atoms with van der Waals surface area (Å²) in [6.07, 6.45) is 12.1. The van der Waals surface area contributed by atoms with Crippen molar-refractivity contribution in [3.63, 3.8) is 0 Å². The Bertz CT molecular complexity index is 449. The highest BCUT2D eigenvalue weighted by Gasteiger charge is 2.24. The average molecular weight is 291 g/mol. The second-order valence-corrected chi connectivity index (χ2v) is 5.33. The van der Waals surface area contributed by atoms with Gasteiger partial charge in [0.15, 0.2) is 0 Å². The van der Waals surface area contributed by atoms with E-state index in [0.717, 1.165) is 31.3 Å². The summed E-state index contributed by atoms with van der Waals surface area (Å²) in [7, 11) is 0. The van der Waals surface area contributed by atoms with Crippen LogP contribution >= 0.6 is 0 Å². The van der Waals surface area contributed by atoms with E-state index in [1.807, 2.05) is 19.1 Å². The fourth-order valence-corrected chi connectivity index (χ4v) is 2.17. The highest BCUT2D eigenvalue weighted by atomic mass is 16.3. The lowest BCUT2D eigenvalue weighted by molar-refractivity contribution is -0.138. The minimum absolute atomic E-state index is 0.0937. The lowest BCUT2D eigenvalue weighted by Gasteiger charge is -2.09. The Morgan fingerprint density at radius 2 is 2.10 bits per heavy atom. The molecule has 0 aliphatic carbocycles. The number of rotatable bonds is 7. The first-order chi connectivity index (χ1) is 10.0. The number of aliphatic hydroxyl groups is 1. The van der Waals surface area contributed by atoms with Crippen LogP contribution in [0.1, 0.15) is 46.0 Å². The Morgan fingerprint density at radius 1 is 1.38 bits per heavy atom. The van der Waals surface area contributed by atoms with Crippen molar-refractivity contribution in [2.24, 2.45) is 0 Å². The minimum Gasteiger partial charge on any atom is -0.389 e. The molecule has 0 spiro atoms. The van der Waals surface area contributed by atoms with Crippen LogP contribution in [0, 0.1) is 0 Å². The van der Waals surface area contributed by atoms with Gasteiger partial charge in [0.2, 0.25) is 5.91 Å². The smallest absolute Gasteiger partial charge is 0.253 e. The van der Waals surface area contributed by atoms with Gasteiger partial charge in [-0.3, -0.25) is 14.5 Å². The zero-order chi connectivity index (χ0) is 15.7. The number of carbonyl (C=O) groups is 2. The predicted molar refractivity (Wildman–Crippen MR) is 83.5 cm³/mol. The molecule has 2 amide bonds. The highest BCUT2D eigenvalue weighted by Crippen LogP contribution is 2.10. The van der Waals surface area contributed by atoms with Crippen molar-refractivity contribution in [1.82, 2.24) is 4.90 Å². The van der Waals surface area contributed by atoms with Gasteiger partial charge in [0, 0.05) is 19.0 Å². The van der Waals surface area contributed by atoms with E-state index in [0.29, 0.717) is 13.0 Å². The fraction of sp³-hybridized carbons (Fsp3) is 0.529. The maximum atomic E-state index is 11.7. The third kappa shape index (κ3) is 6.54. The van der Waals surface area contributed by atoms with Crippen molar-refractivity contribution in [2.45, 2.75) is 52.1 Å². The van der Waals surface area contributed by atoms with Crippen LogP contribution in [0.2, 0.25) is 0 Å². The van der Waals surface area contributed by atoms with Crippen LogP contribution in [0.5, 0.6) is 0 Å². The number of hydrogen-bond donors (Lipinski definition) is 1. The number of imide groups is 1. The van der Waals surface area contributed by atoms with Crippen LogP contribution in [0.4, 0.5) is 0 Å². The van der Waals surface area contributed by atoms with Crippen molar-refractivity contribution in [2.75, 3.05) is 6.54 Å². The number of likely N-dealkylation sites (tertiary alicyclic amines) is 1. The summed E-state index contributed by atoms with van der Waals surface area (Å²) in [5, 5.41) is 9.74. The Kier molecular flexibility index (Phi) is 7.69. The molecule has 1 rings (SSSR count). The molecular formula is C17H25NO3. The summed E-state index contributed by atoms with van der Waals surface area (Å²) >= 11 is 0. The quantitative estimate of drug-likeness (QED) is 0.579. The van der Waals surface area contributed by atoms with Gasteiger partial charge in [-0.05, 0) is 19.8 Å². The van der Waals surface area contributed by atoms with Gasteiger partial charge in [0.25, 0.3) is 5.91 Å². The van der Waals surface area contributed by atoms with Crippen LogP contribution in [0.3, 0.4) is 0 Å². The average Bonchev–Trinajstić information content (AvgIpc) is 2.87. The van der Waals surface area contributed by atoms with Crippen molar-refractivity contribution in [3.05, 3.63) is 36.0 Å². The number of unbranched alkanes of at least 4 members (excludes halogenated alkanes) is 1. The largest absolute Gasteiger partial charge is 0.389 e. The van der Waals surface area contributed by atoms with Gasteiger partial charge in [0.05, 0.1) is 6.10 Å². The number of hydrogen-bond acceptors (Lipinski definition) is 3. The van der Waals surface area contributed by atoms with E-state index >= 15 is 0 Å². The number of amides is 2. The van der Waals surface area contributed by atoms with Crippen molar-refractivity contribution >= 4 is 11.8 Å². The Labute approximate surface area is 126 Å². The summed E-state index contributed by atoms with van der Waals surface area (Å²) in [6, 6.07) is 0. The van der Waals surface area contributed by atoms with E-state index in [4.69, 9.17) is 0 Å². The zero-order valence-corrected chi connectivity index (χ0v) is 12.9. The van der Waals surface area contributed by atoms with Gasteiger partial charge in [-0.1, -0.05) is 49.6 Å². The molecule has 1 aliphatic rings. The lowest BCUT2D eigenvalue weighted by Crippen LogP contribution is -2.30. The summed E-state index contributed by atoms with van der Waals surface area (Å²) in [6.45, 7) is 4.52. The first kappa shape index (κ1) is 17.4. The van der Waals surface area contributed by atoms with E-state index in [2.05, 4.69) is 6.92 Å². The molecule has 1 saturated heterocycles. The maximum Gasteiger partial charge on any atom is 0.253 e. The molecule has 1 atom stereocenters. The summed E-state index contributed by atoms with van der Waals surface area (Å²) in [4.78, 5) is 24.4. The third-order valence-corrected chi connectivity index (χ3v) is 3.36. The first-order valence-corrected chi connectivity index (χ1v) is 7.60. The molecule has 1 N–H and O–H groups in total. The van der Waals surface area contributed by atoms with E-state index in [-0.39, 0.29) is 11.8 Å². The van der Waals surface area contributed by atoms with E-state index in [1.165, 1.54) is 11.0 Å². The molecule has 21 heavy (non-hydrogen) atoms. The SMILES string of the molecule is CCCC[C@@H](O)C=C(C)C=CC=CC(=O)N1CCCC1=O. The molecule has 116 valence electrons. The molecule has 1 aliphatic heterocycles. The predicted octanol–water partition coefficient (Wildman–Crippen LogP) is 2.75. The summed E-state index contributed by atoms with van der Waals surface area (Å²) < 4.78 is 0. The number of aliphatic hydroxyl groups excluding tert-OH is 1. The highest BCUT2D eigenvalue weighted by molar-refractivity contribution is 6.02. The van der Waals surface area contributed by atoms with Crippen molar-refractivity contribution in [3.8, 4) is 0 Å². The molecule has 1 fully saturated rings. The van der Waals surface area contributed by atoms with Crippen LogP contribution in [-0.4, -0.2) is 34.5 Å². The van der Waals surface area contributed by atoms with Gasteiger partial charge in [-0.15, -0.1) is 0 Å². The molecule has 4 heteroatoms. The molecule has 0 aromatic rings. The molecule has 0 bridgehead atoms. The molecule has 0 saturated carbocycles. The molecular weight excluding hydrogens is 266 g/mol. The first-order valence-electron chi connectivity index (χ1n) is 7.60. The third-order valence-electron chi connectivity index (χ3n) is 3.36. The van der Waals surface area contributed by atoms with Gasteiger partial charge < -0.3 is 5.11 Å². The second-order valence-electron chi connectivity index (χ2n) is 5.33. The zero-order valence-electron chi connectivity index (χ0n) is 12.9. The molecule has 0 unspecified atom stereocenters. The number of nitrogens with zero attached hydrogens (tertiary/aromatic N) is 1. The van der Waals surface area contributed by atoms with Crippen LogP contribution in [-0.2, 0) is 9.59 Å². The van der Waals surface area contributed by atoms with E-state index < -0.39 is 6.10 Å². The van der Waals surface area contributed by atoms with Crippen LogP contribution < -0.4 is 0 Å². The molecule has 0 radical (unpaired) electrons. The number of allylic oxidation sites excluding steroid dienone is 4. The van der Waals surface area contributed by atoms with E-state index in [9.17, 15) is 14.7 Å². The van der Waals surface area contributed by atoms with Crippen LogP contribution in [0.25, 0.3) is 0 Å². The molecule has 0 aromatic carbocycles. The maximum absolute atomic E-state index is 11.7. The minimum atomic E-state index is -0.414. The summed E-state index contributed by atoms with van der Waals surface area (Å²) in [5.41, 5.74) is 0.952. The fourth-order valence-electron chi connectivity index (χ4n) is 2.17. The van der Waals surface area contributed by atoms with Gasteiger partial charge in [-0.25, -0.2) is 0 Å². The molecule has 0 aromatic heterocycles. The standard InChI is InChI=1S/C17H25NO3/c1-3-4-9-15(19)13-14(2)8-5-6-10-16(20)18-12-7-11-17(18)21/h5-6,8,10,13,15,19H,3-4,7,9,11-12H2,1-2H3/t15-/m1/s1. The van der Waals surface area contributed by atoms with Gasteiger partial charge in [0.1, 0.15) is 0 Å². The molecule has 4 nitrogen and oxygen atoms in total.